The minimum Gasteiger partial charge on any atom is -0.369 e. The van der Waals surface area contributed by atoms with Crippen LogP contribution in [0.2, 0.25) is 0 Å². The smallest absolute Gasteiger partial charge is 0.274 e. The van der Waals surface area contributed by atoms with Crippen molar-refractivity contribution in [3.05, 3.63) is 53.9 Å². The fraction of sp³-hybridized carbons (Fsp3) is 0.421. The fourth-order valence-electron chi connectivity index (χ4n) is 3.51. The van der Waals surface area contributed by atoms with Gasteiger partial charge in [0, 0.05) is 57.2 Å². The number of aromatic nitrogens is 2. The lowest BCUT2D eigenvalue weighted by Crippen LogP contribution is -2.64. The van der Waals surface area contributed by atoms with Crippen molar-refractivity contribution in [2.45, 2.75) is 13.0 Å². The second kappa shape index (κ2) is 6.99. The molecule has 0 atom stereocenters. The number of anilines is 1. The Bertz CT molecular complexity index is 766. The molecule has 26 heavy (non-hydrogen) atoms. The quantitative estimate of drug-likeness (QED) is 0.837. The van der Waals surface area contributed by atoms with Gasteiger partial charge in [-0.1, -0.05) is 0 Å². The summed E-state index contributed by atoms with van der Waals surface area (Å²) in [7, 11) is 0. The van der Waals surface area contributed by atoms with E-state index in [4.69, 9.17) is 0 Å². The third kappa shape index (κ3) is 3.39. The minimum absolute atomic E-state index is 0.0429. The number of rotatable bonds is 3. The summed E-state index contributed by atoms with van der Waals surface area (Å²) in [5.74, 6) is -0.247. The number of piperazine rings is 1. The molecule has 1 aromatic carbocycles. The molecule has 0 aliphatic carbocycles. The van der Waals surface area contributed by atoms with E-state index in [0.717, 1.165) is 50.6 Å². The summed E-state index contributed by atoms with van der Waals surface area (Å²) in [5, 5.41) is 0. The first-order valence-corrected chi connectivity index (χ1v) is 8.92. The average molecular weight is 355 g/mol. The summed E-state index contributed by atoms with van der Waals surface area (Å²) < 4.78 is 13.1. The molecule has 2 aliphatic rings. The third-order valence-electron chi connectivity index (χ3n) is 5.17. The lowest BCUT2D eigenvalue weighted by atomic mass is 10.1. The Morgan fingerprint density at radius 2 is 1.73 bits per heavy atom. The molecule has 0 radical (unpaired) electrons. The van der Waals surface area contributed by atoms with Crippen LogP contribution >= 0.6 is 0 Å². The maximum absolute atomic E-state index is 13.1. The lowest BCUT2D eigenvalue weighted by molar-refractivity contribution is 0.0242. The molecule has 3 heterocycles. The minimum atomic E-state index is -0.204. The normalized spacial score (nSPS) is 18.7. The van der Waals surface area contributed by atoms with Crippen molar-refractivity contribution in [1.82, 2.24) is 19.8 Å². The van der Waals surface area contributed by atoms with Crippen molar-refractivity contribution in [2.24, 2.45) is 0 Å². The van der Waals surface area contributed by atoms with Crippen molar-refractivity contribution >= 4 is 11.6 Å². The van der Waals surface area contributed by atoms with Gasteiger partial charge in [-0.25, -0.2) is 9.37 Å². The van der Waals surface area contributed by atoms with Crippen LogP contribution in [0.5, 0.6) is 0 Å². The molecule has 1 amide bonds. The SMILES string of the molecule is Cc1cnc(C(=O)N2CC(N3CCN(c4ccc(F)cc4)CC3)C2)cn1. The summed E-state index contributed by atoms with van der Waals surface area (Å²) in [6.45, 7) is 7.07. The molecule has 0 N–H and O–H groups in total. The standard InChI is InChI=1S/C19H22FN5O/c1-14-10-22-18(11-21-14)19(26)25-12-17(13-25)24-8-6-23(7-9-24)16-4-2-15(20)3-5-16/h2-5,10-11,17H,6-9,12-13H2,1H3. The van der Waals surface area contributed by atoms with Crippen LogP contribution < -0.4 is 4.90 Å². The highest BCUT2D eigenvalue weighted by Crippen LogP contribution is 2.22. The predicted octanol–water partition coefficient (Wildman–Crippen LogP) is 1.57. The number of carbonyl (C=O) groups excluding carboxylic acids is 1. The molecule has 0 unspecified atom stereocenters. The molecule has 1 aromatic heterocycles. The monoisotopic (exact) mass is 355 g/mol. The molecular weight excluding hydrogens is 333 g/mol. The first kappa shape index (κ1) is 16.9. The highest BCUT2D eigenvalue weighted by molar-refractivity contribution is 5.92. The molecule has 0 bridgehead atoms. The first-order valence-electron chi connectivity index (χ1n) is 8.92. The zero-order chi connectivity index (χ0) is 18.1. The van der Waals surface area contributed by atoms with Crippen molar-refractivity contribution in [3.8, 4) is 0 Å². The van der Waals surface area contributed by atoms with E-state index in [-0.39, 0.29) is 11.7 Å². The molecular formula is C19H22FN5O. The van der Waals surface area contributed by atoms with E-state index in [9.17, 15) is 9.18 Å². The highest BCUT2D eigenvalue weighted by Gasteiger charge is 2.36. The van der Waals surface area contributed by atoms with Gasteiger partial charge in [0.15, 0.2) is 0 Å². The van der Waals surface area contributed by atoms with Crippen molar-refractivity contribution in [3.63, 3.8) is 0 Å². The molecule has 4 rings (SSSR count). The summed E-state index contributed by atoms with van der Waals surface area (Å²) in [6, 6.07) is 7.08. The summed E-state index contributed by atoms with van der Waals surface area (Å²) in [4.78, 5) is 27.2. The first-order chi connectivity index (χ1) is 12.6. The second-order valence-electron chi connectivity index (χ2n) is 6.91. The number of amides is 1. The molecule has 2 fully saturated rings. The predicted molar refractivity (Wildman–Crippen MR) is 96.6 cm³/mol. The maximum atomic E-state index is 13.1. The van der Waals surface area contributed by atoms with Gasteiger partial charge in [-0.3, -0.25) is 14.7 Å². The molecule has 6 nitrogen and oxygen atoms in total. The van der Waals surface area contributed by atoms with Crippen LogP contribution in [0.1, 0.15) is 16.2 Å². The number of hydrogen-bond acceptors (Lipinski definition) is 5. The van der Waals surface area contributed by atoms with Gasteiger partial charge in [0.1, 0.15) is 11.5 Å². The zero-order valence-corrected chi connectivity index (χ0v) is 14.8. The van der Waals surface area contributed by atoms with Crippen LogP contribution in [-0.4, -0.2) is 71.0 Å². The zero-order valence-electron chi connectivity index (χ0n) is 14.8. The van der Waals surface area contributed by atoms with Crippen LogP contribution in [0.4, 0.5) is 10.1 Å². The Balaban J connectivity index is 1.27. The van der Waals surface area contributed by atoms with Gasteiger partial charge in [0.25, 0.3) is 5.91 Å². The van der Waals surface area contributed by atoms with Crippen LogP contribution in [0.15, 0.2) is 36.7 Å². The number of halogens is 1. The van der Waals surface area contributed by atoms with E-state index in [1.807, 2.05) is 24.0 Å². The molecule has 7 heteroatoms. The van der Waals surface area contributed by atoms with Crippen molar-refractivity contribution in [1.29, 1.82) is 0 Å². The Labute approximate surface area is 152 Å². The van der Waals surface area contributed by atoms with Gasteiger partial charge < -0.3 is 9.80 Å². The van der Waals surface area contributed by atoms with E-state index in [2.05, 4.69) is 19.8 Å². The van der Waals surface area contributed by atoms with Crippen LogP contribution in [-0.2, 0) is 0 Å². The Hall–Kier alpha value is -2.54. The largest absolute Gasteiger partial charge is 0.369 e. The molecule has 136 valence electrons. The van der Waals surface area contributed by atoms with Gasteiger partial charge >= 0.3 is 0 Å². The lowest BCUT2D eigenvalue weighted by Gasteiger charge is -2.48. The average Bonchev–Trinajstić information content (AvgIpc) is 2.62. The van der Waals surface area contributed by atoms with Crippen LogP contribution in [0.25, 0.3) is 0 Å². The molecule has 0 spiro atoms. The van der Waals surface area contributed by atoms with E-state index >= 15 is 0 Å². The van der Waals surface area contributed by atoms with Gasteiger partial charge in [0.05, 0.1) is 11.9 Å². The number of carbonyl (C=O) groups is 1. The number of aryl methyl sites for hydroxylation is 1. The summed E-state index contributed by atoms with van der Waals surface area (Å²) in [6.07, 6.45) is 3.17. The Morgan fingerprint density at radius 3 is 2.35 bits per heavy atom. The molecule has 2 saturated heterocycles. The van der Waals surface area contributed by atoms with Crippen LogP contribution in [0.3, 0.4) is 0 Å². The van der Waals surface area contributed by atoms with Crippen molar-refractivity contribution in [2.75, 3.05) is 44.2 Å². The van der Waals surface area contributed by atoms with E-state index in [1.54, 1.807) is 12.4 Å². The molecule has 2 aliphatic heterocycles. The number of hydrogen-bond donors (Lipinski definition) is 0. The summed E-state index contributed by atoms with van der Waals surface area (Å²) in [5.41, 5.74) is 2.28. The van der Waals surface area contributed by atoms with Gasteiger partial charge in [-0.05, 0) is 31.2 Å². The topological polar surface area (TPSA) is 52.6 Å². The number of benzene rings is 1. The fourth-order valence-corrected chi connectivity index (χ4v) is 3.51. The van der Waals surface area contributed by atoms with E-state index < -0.39 is 0 Å². The van der Waals surface area contributed by atoms with Gasteiger partial charge in [-0.2, -0.15) is 0 Å². The van der Waals surface area contributed by atoms with Crippen LogP contribution in [0, 0.1) is 12.7 Å². The highest BCUT2D eigenvalue weighted by atomic mass is 19.1. The Kier molecular flexibility index (Phi) is 4.55. The van der Waals surface area contributed by atoms with Gasteiger partial charge in [0.2, 0.25) is 0 Å². The third-order valence-corrected chi connectivity index (χ3v) is 5.17. The Morgan fingerprint density at radius 1 is 1.04 bits per heavy atom. The summed E-state index contributed by atoms with van der Waals surface area (Å²) >= 11 is 0. The van der Waals surface area contributed by atoms with E-state index in [0.29, 0.717) is 11.7 Å². The molecule has 2 aromatic rings. The van der Waals surface area contributed by atoms with E-state index in [1.165, 1.54) is 12.1 Å². The number of likely N-dealkylation sites (tertiary alicyclic amines) is 1. The number of nitrogens with zero attached hydrogens (tertiary/aromatic N) is 5. The maximum Gasteiger partial charge on any atom is 0.274 e. The molecule has 0 saturated carbocycles. The van der Waals surface area contributed by atoms with Crippen molar-refractivity contribution < 1.29 is 9.18 Å². The second-order valence-corrected chi connectivity index (χ2v) is 6.91. The van der Waals surface area contributed by atoms with Gasteiger partial charge in [-0.15, -0.1) is 0 Å².